The second-order valence-electron chi connectivity index (χ2n) is 23.5. The molecule has 26 nitrogen and oxygen atoms in total. The number of hydrogen-bond donors (Lipinski definition) is 8. The van der Waals surface area contributed by atoms with E-state index < -0.39 is 84.6 Å². The van der Waals surface area contributed by atoms with Crippen molar-refractivity contribution >= 4 is 102 Å². The van der Waals surface area contributed by atoms with Gasteiger partial charge in [0, 0.05) is 75.3 Å². The second-order valence-corrected chi connectivity index (χ2v) is 24.6. The molecule has 1 aromatic heterocycles. The number of fused-ring (bicyclic) bond motifs is 1. The first-order valence-corrected chi connectivity index (χ1v) is 33.2. The van der Waals surface area contributed by atoms with Gasteiger partial charge in [-0.3, -0.25) is 48.1 Å². The van der Waals surface area contributed by atoms with Crippen LogP contribution < -0.4 is 43.0 Å². The van der Waals surface area contributed by atoms with E-state index in [1.54, 1.807) is 66.2 Å². The highest BCUT2D eigenvalue weighted by Gasteiger charge is 2.42. The molecule has 0 spiro atoms. The molecule has 1 saturated heterocycles. The summed E-state index contributed by atoms with van der Waals surface area (Å²) >= 11 is 6.86. The Balaban J connectivity index is 1.14. The third-order valence-corrected chi connectivity index (χ3v) is 17.2. The van der Waals surface area contributed by atoms with Crippen molar-refractivity contribution in [2.24, 2.45) is 23.5 Å². The third kappa shape index (κ3) is 24.0. The lowest BCUT2D eigenvalue weighted by atomic mass is 9.90. The normalized spacial score (nSPS) is 16.1. The van der Waals surface area contributed by atoms with E-state index in [1.807, 2.05) is 46.7 Å². The zero-order valence-corrected chi connectivity index (χ0v) is 58.0. The molecule has 1 unspecified atom stereocenters. The largest absolute Gasteiger partial charge is 0.379 e. The Kier molecular flexibility index (Phi) is 33.3. The zero-order chi connectivity index (χ0) is 67.5. The van der Waals surface area contributed by atoms with Gasteiger partial charge in [0.05, 0.1) is 105 Å². The Labute approximate surface area is 552 Å². The van der Waals surface area contributed by atoms with Crippen LogP contribution in [0.3, 0.4) is 0 Å². The average molecular weight is 1400 g/mol. The highest BCUT2D eigenvalue weighted by molar-refractivity contribution is 9.09. The number of nitrogens with one attached hydrogen (secondary N) is 7. The molecule has 91 heavy (non-hydrogen) atoms. The number of hydrogen-bond acceptors (Lipinski definition) is 17. The maximum absolute atomic E-state index is 14.3. The summed E-state index contributed by atoms with van der Waals surface area (Å²) in [4.78, 5) is 133. The van der Waals surface area contributed by atoms with Gasteiger partial charge in [0.15, 0.2) is 0 Å². The molecule has 0 aliphatic carbocycles. The van der Waals surface area contributed by atoms with E-state index in [2.05, 4.69) is 79.0 Å². The van der Waals surface area contributed by atoms with Crippen molar-refractivity contribution in [1.29, 1.82) is 0 Å². The second kappa shape index (κ2) is 39.3. The fraction of sp³-hybridized carbons (Fsp3) is 0.635. The van der Waals surface area contributed by atoms with Crippen molar-refractivity contribution in [2.45, 2.75) is 146 Å². The van der Waals surface area contributed by atoms with Crippen LogP contribution >= 0.6 is 31.9 Å². The highest BCUT2D eigenvalue weighted by atomic mass is 79.9. The number of nitrogens with zero attached hydrogens (tertiary/aromatic N) is 5. The minimum atomic E-state index is -1.04. The molecule has 0 saturated carbocycles. The van der Waals surface area contributed by atoms with E-state index >= 15 is 0 Å². The molecule has 2 heterocycles. The molecule has 1 aliphatic rings. The molecule has 0 bridgehead atoms. The van der Waals surface area contributed by atoms with Crippen molar-refractivity contribution in [3.63, 3.8) is 0 Å². The number of likely N-dealkylation sites (tertiary alicyclic amines) is 1. The molecule has 506 valence electrons. The van der Waals surface area contributed by atoms with Crippen LogP contribution in [-0.2, 0) is 74.4 Å². The number of aromatic nitrogens is 2. The number of ether oxygens (including phenoxy) is 4. The Bertz CT molecular complexity index is 2880. The number of rotatable bonds is 39. The first-order chi connectivity index (χ1) is 43.3. The molecule has 9 N–H and O–H groups in total. The summed E-state index contributed by atoms with van der Waals surface area (Å²) in [5, 5.41) is 20.1. The number of amides is 9. The van der Waals surface area contributed by atoms with E-state index in [9.17, 15) is 43.2 Å². The Morgan fingerprint density at radius 1 is 0.725 bits per heavy atom. The molecule has 10 atom stereocenters. The predicted molar refractivity (Wildman–Crippen MR) is 353 cm³/mol. The Morgan fingerprint density at radius 2 is 1.36 bits per heavy atom. The van der Waals surface area contributed by atoms with Crippen LogP contribution in [-0.4, -0.2) is 221 Å². The van der Waals surface area contributed by atoms with E-state index in [-0.39, 0.29) is 100 Å². The van der Waals surface area contributed by atoms with E-state index in [1.165, 1.54) is 28.1 Å². The molecule has 28 heteroatoms. The number of anilines is 1. The predicted octanol–water partition coefficient (Wildman–Crippen LogP) is 2.95. The van der Waals surface area contributed by atoms with E-state index in [0.29, 0.717) is 65.2 Å². The Hall–Kier alpha value is -6.27. The van der Waals surface area contributed by atoms with Gasteiger partial charge in [-0.15, -0.1) is 0 Å². The summed E-state index contributed by atoms with van der Waals surface area (Å²) in [5.74, 6) is -4.21. The minimum Gasteiger partial charge on any atom is -0.379 e. The summed E-state index contributed by atoms with van der Waals surface area (Å²) in [6.07, 6.45) is 1.02. The molecule has 4 rings (SSSR count). The first kappa shape index (κ1) is 77.2. The number of alkyl halides is 2. The lowest BCUT2D eigenvalue weighted by molar-refractivity contribution is -0.146. The van der Waals surface area contributed by atoms with E-state index in [4.69, 9.17) is 24.7 Å². The molecule has 9 amide bonds. The van der Waals surface area contributed by atoms with Gasteiger partial charge >= 0.3 is 0 Å². The van der Waals surface area contributed by atoms with Gasteiger partial charge in [-0.05, 0) is 94.9 Å². The van der Waals surface area contributed by atoms with Gasteiger partial charge in [-0.1, -0.05) is 85.0 Å². The summed E-state index contributed by atoms with van der Waals surface area (Å²) in [6, 6.07) is 8.30. The molecule has 1 fully saturated rings. The molecule has 2 aromatic carbocycles. The number of likely N-dealkylation sites (N-methyl/N-ethyl adjacent to an activating group) is 2. The maximum atomic E-state index is 14.3. The summed E-state index contributed by atoms with van der Waals surface area (Å²) in [5.41, 5.74) is 10.8. The van der Waals surface area contributed by atoms with Crippen molar-refractivity contribution < 1.29 is 62.1 Å². The van der Waals surface area contributed by atoms with E-state index in [0.717, 1.165) is 17.0 Å². The fourth-order valence-corrected chi connectivity index (χ4v) is 11.9. The summed E-state index contributed by atoms with van der Waals surface area (Å²) in [6.45, 7) is 13.6. The van der Waals surface area contributed by atoms with Crippen molar-refractivity contribution in [3.8, 4) is 0 Å². The van der Waals surface area contributed by atoms with Gasteiger partial charge in [-0.25, -0.2) is 9.97 Å². The van der Waals surface area contributed by atoms with Crippen LogP contribution in [0.5, 0.6) is 0 Å². The monoisotopic (exact) mass is 1400 g/mol. The number of carbonyl (C=O) groups is 9. The SMILES string of the molecule is CC[C@H](C)[C@@H]([C@@H](CC(=O)N1CCC[C@H]1[C@H](OC)[C@@H](C)C(=O)N[C@H](CN)Cc1ccc(NC(=O)CNC(=O)[C@H](C)NC(=O)[C@H](C)NC(=O)CCOCCOCCNC(=O)c2ccc3nc(CBr)c(CBr)nc3c2)cc1)OC)N(C)C(=O)CNC(=O)C(C(C)C)N(C)C. The van der Waals surface area contributed by atoms with Crippen LogP contribution in [0.2, 0.25) is 0 Å². The quantitative estimate of drug-likeness (QED) is 0.0301. The average Bonchev–Trinajstić information content (AvgIpc) is 1.97. The van der Waals surface area contributed by atoms with Crippen LogP contribution in [0.4, 0.5) is 5.69 Å². The number of benzene rings is 2. The summed E-state index contributed by atoms with van der Waals surface area (Å²) < 4.78 is 23.0. The smallest absolute Gasteiger partial charge is 0.251 e. The van der Waals surface area contributed by atoms with Crippen molar-refractivity contribution in [3.05, 3.63) is 65.0 Å². The lowest BCUT2D eigenvalue weighted by Crippen LogP contribution is -2.55. The number of methoxy groups -OCH3 is 2. The van der Waals surface area contributed by atoms with Gasteiger partial charge in [0.2, 0.25) is 47.3 Å². The number of halogens is 2. The number of nitrogens with two attached hydrogens (primary N) is 1. The first-order valence-electron chi connectivity index (χ1n) is 31.0. The van der Waals surface area contributed by atoms with Gasteiger partial charge in [0.25, 0.3) is 5.91 Å². The minimum absolute atomic E-state index is 0.0181. The highest BCUT2D eigenvalue weighted by Crippen LogP contribution is 2.30. The molecule has 0 radical (unpaired) electrons. The van der Waals surface area contributed by atoms with Crippen LogP contribution in [0, 0.1) is 17.8 Å². The lowest BCUT2D eigenvalue weighted by Gasteiger charge is -2.39. The van der Waals surface area contributed by atoms with Gasteiger partial charge in [-0.2, -0.15) is 0 Å². The molecular weight excluding hydrogens is 1310 g/mol. The topological polar surface area (TPSA) is 336 Å². The van der Waals surface area contributed by atoms with Crippen molar-refractivity contribution in [2.75, 3.05) is 99.8 Å². The fourth-order valence-electron chi connectivity index (χ4n) is 11.0. The number of carbonyl (C=O) groups excluding carboxylic acids is 9. The van der Waals surface area contributed by atoms with Gasteiger partial charge < -0.3 is 71.7 Å². The maximum Gasteiger partial charge on any atom is 0.251 e. The van der Waals surface area contributed by atoms with Crippen LogP contribution in [0.15, 0.2) is 42.5 Å². The van der Waals surface area contributed by atoms with Crippen LogP contribution in [0.25, 0.3) is 11.0 Å². The van der Waals surface area contributed by atoms with Gasteiger partial charge in [0.1, 0.15) is 12.1 Å². The molecular formula is C63H97Br2N13O13. The molecule has 3 aromatic rings. The third-order valence-electron chi connectivity index (χ3n) is 16.2. The zero-order valence-electron chi connectivity index (χ0n) is 54.8. The van der Waals surface area contributed by atoms with Crippen molar-refractivity contribution in [1.82, 2.24) is 56.6 Å². The summed E-state index contributed by atoms with van der Waals surface area (Å²) in [7, 11) is 8.37. The van der Waals surface area contributed by atoms with Crippen LogP contribution in [0.1, 0.15) is 108 Å². The standard InChI is InChI=1S/C63H97Br2N13O13/c1-13-38(4)57(77(10)55(82)36-69-63(87)56(37(2)3)76(8)9)51(88-11)31-54(81)78-24-14-15-50(78)58(89-12)39(5)59(83)73-45(34-66)29-42-16-19-44(20-17-42)72-53(80)35-68-60(84)40(6)71-61(85)41(7)70-52(79)22-25-90-27-28-91-26-23-67-62(86)43-18-21-46-47(30-43)75-49(33-65)48(32-64)74-46/h16-21,30,37-41,45,50-51,56-58H,13-15,22-29,31-36,66H2,1-12H3,(H,67,86)(H,68,84)(H,69,87)(H,70,79)(H,71,85)(H,72,80)(H,73,83)/t38-,39+,40-,41-,45-,50-,51+,56?,57-,58+/m0/s1. The molecule has 1 aliphatic heterocycles. The Morgan fingerprint density at radius 3 is 1.97 bits per heavy atom.